The van der Waals surface area contributed by atoms with Crippen LogP contribution in [0.5, 0.6) is 0 Å². The second kappa shape index (κ2) is 9.14. The van der Waals surface area contributed by atoms with Crippen LogP contribution in [-0.4, -0.2) is 42.3 Å². The van der Waals surface area contributed by atoms with Gasteiger partial charge in [-0.05, 0) is 29.3 Å². The van der Waals surface area contributed by atoms with Crippen LogP contribution >= 0.6 is 0 Å². The molecule has 0 bridgehead atoms. The number of aromatic amines is 2. The molecule has 0 spiro atoms. The summed E-state index contributed by atoms with van der Waals surface area (Å²) in [6.45, 7) is 9.47. The molecular weight excluding hydrogens is 440 g/mol. The lowest BCUT2D eigenvalue weighted by Gasteiger charge is -2.06. The highest BCUT2D eigenvalue weighted by atomic mass is 16.1. The third-order valence-electron chi connectivity index (χ3n) is 5.54. The van der Waals surface area contributed by atoms with Crippen LogP contribution in [0.3, 0.4) is 0 Å². The fraction of sp³-hybridized carbons (Fsp3) is 0.0769. The Kier molecular flexibility index (Phi) is 5.72. The van der Waals surface area contributed by atoms with Gasteiger partial charge in [-0.15, -0.1) is 0 Å². The predicted octanol–water partition coefficient (Wildman–Crippen LogP) is 5.14. The van der Waals surface area contributed by atoms with Crippen molar-refractivity contribution >= 4 is 45.3 Å². The van der Waals surface area contributed by atoms with E-state index in [1.165, 1.54) is 6.20 Å². The van der Waals surface area contributed by atoms with E-state index in [0.29, 0.717) is 29.2 Å². The summed E-state index contributed by atoms with van der Waals surface area (Å²) in [7, 11) is 0. The van der Waals surface area contributed by atoms with Crippen molar-refractivity contribution in [3.63, 3.8) is 0 Å². The molecule has 1 amide bonds. The van der Waals surface area contributed by atoms with Crippen LogP contribution in [0.15, 0.2) is 73.4 Å². The Labute approximate surface area is 200 Å². The molecule has 0 atom stereocenters. The number of nitrogens with one attached hydrogen (secondary N) is 3. The molecule has 0 radical (unpaired) electrons. The number of benzene rings is 1. The molecule has 5 rings (SSSR count). The summed E-state index contributed by atoms with van der Waals surface area (Å²) in [6, 6.07) is 7.87. The summed E-state index contributed by atoms with van der Waals surface area (Å²) >= 11 is 0. The van der Waals surface area contributed by atoms with Crippen LogP contribution in [-0.2, 0) is 4.79 Å². The molecule has 0 aliphatic carbocycles. The van der Waals surface area contributed by atoms with E-state index in [-0.39, 0.29) is 5.91 Å². The van der Waals surface area contributed by atoms with Crippen molar-refractivity contribution in [2.24, 2.45) is 4.99 Å². The van der Waals surface area contributed by atoms with Gasteiger partial charge in [-0.25, -0.2) is 4.98 Å². The molecule has 1 aromatic carbocycles. The lowest BCUT2D eigenvalue weighted by molar-refractivity contribution is -0.115. The van der Waals surface area contributed by atoms with E-state index in [2.05, 4.69) is 48.6 Å². The van der Waals surface area contributed by atoms with Gasteiger partial charge >= 0.3 is 0 Å². The molecule has 0 unspecified atom stereocenters. The molecule has 9 heteroatoms. The molecule has 0 aliphatic rings. The number of H-pyrrole nitrogens is 2. The minimum Gasteiger partial charge on any atom is -0.335 e. The number of aromatic nitrogens is 6. The Morgan fingerprint density at radius 3 is 2.80 bits per heavy atom. The highest BCUT2D eigenvalue weighted by Crippen LogP contribution is 2.31. The summed E-state index contributed by atoms with van der Waals surface area (Å²) in [5.41, 5.74) is 6.96. The first-order valence-corrected chi connectivity index (χ1v) is 11.0. The SMILES string of the molecule is C=CN=CC(=C)c1cncc2[nH]c(-c3n[nH]c4ccc(-c5cncc(NC(=O)CC)c5)cc34)nc12. The van der Waals surface area contributed by atoms with Crippen LogP contribution in [0.2, 0.25) is 0 Å². The van der Waals surface area contributed by atoms with E-state index < -0.39 is 0 Å². The number of carbonyl (C=O) groups is 1. The molecular formula is C26H22N8O. The maximum atomic E-state index is 11.8. The zero-order valence-corrected chi connectivity index (χ0v) is 19.0. The van der Waals surface area contributed by atoms with Crippen molar-refractivity contribution in [1.29, 1.82) is 0 Å². The summed E-state index contributed by atoms with van der Waals surface area (Å²) in [6.07, 6.45) is 10.3. The van der Waals surface area contributed by atoms with Gasteiger partial charge in [-0.3, -0.25) is 24.9 Å². The van der Waals surface area contributed by atoms with Gasteiger partial charge in [0.25, 0.3) is 0 Å². The standard InChI is InChI=1S/C26H22N8O/c1-4-23(35)30-18-8-17(11-28-12-18)16-6-7-21-19(9-16)25(34-33-21)26-31-22-14-29-13-20(24(22)32-26)15(3)10-27-5-2/h5-14H,2-4H2,1H3,(H,30,35)(H,31,32)(H,33,34). The normalized spacial score (nSPS) is 11.3. The second-order valence-corrected chi connectivity index (χ2v) is 7.85. The summed E-state index contributed by atoms with van der Waals surface area (Å²) in [4.78, 5) is 32.5. The van der Waals surface area contributed by atoms with Gasteiger partial charge in [-0.1, -0.05) is 26.1 Å². The van der Waals surface area contributed by atoms with Crippen LogP contribution in [0.1, 0.15) is 18.9 Å². The molecule has 4 aromatic heterocycles. The number of fused-ring (bicyclic) bond motifs is 2. The van der Waals surface area contributed by atoms with E-state index in [1.807, 2.05) is 31.2 Å². The average molecular weight is 463 g/mol. The molecule has 0 aliphatic heterocycles. The molecule has 172 valence electrons. The van der Waals surface area contributed by atoms with Gasteiger partial charge in [0.15, 0.2) is 5.82 Å². The molecule has 0 fully saturated rings. The van der Waals surface area contributed by atoms with Gasteiger partial charge in [-0.2, -0.15) is 5.10 Å². The van der Waals surface area contributed by atoms with Gasteiger partial charge in [0.1, 0.15) is 11.2 Å². The van der Waals surface area contributed by atoms with E-state index in [4.69, 9.17) is 4.98 Å². The van der Waals surface area contributed by atoms with E-state index >= 15 is 0 Å². The fourth-order valence-electron chi connectivity index (χ4n) is 3.78. The molecule has 9 nitrogen and oxygen atoms in total. The van der Waals surface area contributed by atoms with Gasteiger partial charge in [0.05, 0.1) is 29.1 Å². The number of amides is 1. The zero-order valence-electron chi connectivity index (χ0n) is 19.0. The number of anilines is 1. The van der Waals surface area contributed by atoms with Gasteiger partial charge in [0, 0.05) is 47.7 Å². The molecule has 0 saturated heterocycles. The fourth-order valence-corrected chi connectivity index (χ4v) is 3.78. The third kappa shape index (κ3) is 4.22. The zero-order chi connectivity index (χ0) is 24.4. The summed E-state index contributed by atoms with van der Waals surface area (Å²) in [5, 5.41) is 11.3. The maximum Gasteiger partial charge on any atom is 0.224 e. The average Bonchev–Trinajstić information content (AvgIpc) is 3.50. The quantitative estimate of drug-likeness (QED) is 0.289. The number of pyridine rings is 2. The van der Waals surface area contributed by atoms with E-state index in [9.17, 15) is 4.79 Å². The van der Waals surface area contributed by atoms with Crippen LogP contribution in [0.25, 0.3) is 50.2 Å². The Morgan fingerprint density at radius 1 is 1.11 bits per heavy atom. The first-order valence-electron chi connectivity index (χ1n) is 11.0. The Morgan fingerprint density at radius 2 is 1.97 bits per heavy atom. The van der Waals surface area contributed by atoms with Crippen LogP contribution in [0, 0.1) is 0 Å². The summed E-state index contributed by atoms with van der Waals surface area (Å²) in [5.74, 6) is 0.543. The number of allylic oxidation sites excluding steroid dienone is 1. The Hall–Kier alpha value is -4.92. The molecule has 5 aromatic rings. The Bertz CT molecular complexity index is 1630. The van der Waals surface area contributed by atoms with Crippen molar-refractivity contribution in [3.8, 4) is 22.6 Å². The number of hydrogen-bond donors (Lipinski definition) is 3. The topological polar surface area (TPSA) is 125 Å². The lowest BCUT2D eigenvalue weighted by Crippen LogP contribution is -2.09. The van der Waals surface area contributed by atoms with Crippen molar-refractivity contribution < 1.29 is 4.79 Å². The maximum absolute atomic E-state index is 11.8. The lowest BCUT2D eigenvalue weighted by atomic mass is 10.0. The number of imidazole rings is 1. The minimum absolute atomic E-state index is 0.0614. The number of nitrogens with zero attached hydrogens (tertiary/aromatic N) is 5. The first-order chi connectivity index (χ1) is 17.1. The largest absolute Gasteiger partial charge is 0.335 e. The van der Waals surface area contributed by atoms with Crippen molar-refractivity contribution in [3.05, 3.63) is 74.0 Å². The monoisotopic (exact) mass is 462 g/mol. The first kappa shape index (κ1) is 21.9. The van der Waals surface area contributed by atoms with E-state index in [1.54, 1.807) is 31.0 Å². The highest BCUT2D eigenvalue weighted by Gasteiger charge is 2.16. The highest BCUT2D eigenvalue weighted by molar-refractivity contribution is 6.13. The number of hydrogen-bond acceptors (Lipinski definition) is 6. The predicted molar refractivity (Wildman–Crippen MR) is 139 cm³/mol. The van der Waals surface area contributed by atoms with E-state index in [0.717, 1.165) is 38.6 Å². The van der Waals surface area contributed by atoms with Crippen LogP contribution < -0.4 is 5.32 Å². The molecule has 35 heavy (non-hydrogen) atoms. The van der Waals surface area contributed by atoms with Gasteiger partial charge in [0.2, 0.25) is 5.91 Å². The Balaban J connectivity index is 1.56. The molecule has 0 saturated carbocycles. The second-order valence-electron chi connectivity index (χ2n) is 7.85. The van der Waals surface area contributed by atoms with Crippen molar-refractivity contribution in [2.45, 2.75) is 13.3 Å². The number of aliphatic imine (C=N–C) groups is 1. The molecule has 4 heterocycles. The number of rotatable bonds is 7. The van der Waals surface area contributed by atoms with Gasteiger partial charge < -0.3 is 10.3 Å². The van der Waals surface area contributed by atoms with Crippen molar-refractivity contribution in [1.82, 2.24) is 30.1 Å². The smallest absolute Gasteiger partial charge is 0.224 e. The molecule has 3 N–H and O–H groups in total. The number of carbonyl (C=O) groups excluding carboxylic acids is 1. The summed E-state index contributed by atoms with van der Waals surface area (Å²) < 4.78 is 0. The van der Waals surface area contributed by atoms with Crippen molar-refractivity contribution in [2.75, 3.05) is 5.32 Å². The van der Waals surface area contributed by atoms with Crippen LogP contribution in [0.4, 0.5) is 5.69 Å². The third-order valence-corrected chi connectivity index (χ3v) is 5.54. The minimum atomic E-state index is -0.0614.